The van der Waals surface area contributed by atoms with Crippen molar-refractivity contribution in [2.24, 2.45) is 28.6 Å². The van der Waals surface area contributed by atoms with Gasteiger partial charge in [-0.05, 0) is 81.6 Å². The largest absolute Gasteiger partial charge is 0.458 e. The molecule has 2 aliphatic heterocycles. The fourth-order valence-corrected chi connectivity index (χ4v) is 9.75. The Kier molecular flexibility index (Phi) is 6.62. The third-order valence-electron chi connectivity index (χ3n) is 12.0. The van der Waals surface area contributed by atoms with Crippen molar-refractivity contribution in [1.29, 1.82) is 0 Å². The number of rotatable bonds is 4. The molecular weight excluding hydrogens is 508 g/mol. The third kappa shape index (κ3) is 3.78. The summed E-state index contributed by atoms with van der Waals surface area (Å²) in [6.45, 7) is 3.98. The summed E-state index contributed by atoms with van der Waals surface area (Å²) in [6.07, 6.45) is 0.689. The Morgan fingerprint density at radius 3 is 2.41 bits per heavy atom. The molecule has 0 radical (unpaired) electrons. The molecule has 4 saturated carbocycles. The molecule has 13 atom stereocenters. The van der Waals surface area contributed by atoms with E-state index in [4.69, 9.17) is 14.2 Å². The first-order chi connectivity index (χ1) is 18.4. The zero-order valence-corrected chi connectivity index (χ0v) is 22.7. The van der Waals surface area contributed by atoms with Crippen molar-refractivity contribution in [3.05, 3.63) is 11.6 Å². The maximum atomic E-state index is 13.0. The molecule has 1 saturated heterocycles. The summed E-state index contributed by atoms with van der Waals surface area (Å²) in [6, 6.07) is 0. The number of fused-ring (bicyclic) bond motifs is 5. The number of hydrogen-bond acceptors (Lipinski definition) is 10. The van der Waals surface area contributed by atoms with Crippen molar-refractivity contribution in [3.63, 3.8) is 0 Å². The average molecular weight is 551 g/mol. The second kappa shape index (κ2) is 9.31. The Morgan fingerprint density at radius 1 is 0.974 bits per heavy atom. The third-order valence-corrected chi connectivity index (χ3v) is 12.0. The van der Waals surface area contributed by atoms with Crippen LogP contribution in [0.5, 0.6) is 0 Å². The molecule has 0 aromatic heterocycles. The summed E-state index contributed by atoms with van der Waals surface area (Å²) in [5, 5.41) is 55.0. The van der Waals surface area contributed by atoms with E-state index in [2.05, 4.69) is 6.92 Å². The first-order valence-corrected chi connectivity index (χ1v) is 14.5. The Hall–Kier alpha value is -1.40. The normalized spacial score (nSPS) is 55.2. The van der Waals surface area contributed by atoms with Crippen LogP contribution in [0.3, 0.4) is 0 Å². The van der Waals surface area contributed by atoms with E-state index in [1.54, 1.807) is 13.0 Å². The minimum atomic E-state index is -1.43. The highest BCUT2D eigenvalue weighted by atomic mass is 16.7. The fraction of sp³-hybridized carbons (Fsp3) is 0.862. The molecule has 5 N–H and O–H groups in total. The number of aliphatic hydroxyl groups is 5. The van der Waals surface area contributed by atoms with Gasteiger partial charge in [0, 0.05) is 17.9 Å². The summed E-state index contributed by atoms with van der Waals surface area (Å²) < 4.78 is 16.9. The summed E-state index contributed by atoms with van der Waals surface area (Å²) in [5.41, 5.74) is -2.86. The molecule has 0 aromatic carbocycles. The quantitative estimate of drug-likeness (QED) is 0.192. The lowest BCUT2D eigenvalue weighted by Crippen LogP contribution is -2.69. The number of aldehydes is 1. The van der Waals surface area contributed by atoms with Crippen LogP contribution >= 0.6 is 0 Å². The van der Waals surface area contributed by atoms with E-state index in [1.165, 1.54) is 0 Å². The van der Waals surface area contributed by atoms with E-state index in [9.17, 15) is 35.1 Å². The average Bonchev–Trinajstić information content (AvgIpc) is 3.45. The summed E-state index contributed by atoms with van der Waals surface area (Å²) in [5.74, 6) is -0.616. The predicted molar refractivity (Wildman–Crippen MR) is 135 cm³/mol. The lowest BCUT2D eigenvalue weighted by molar-refractivity contribution is -0.317. The molecule has 10 nitrogen and oxygen atoms in total. The highest BCUT2D eigenvalue weighted by Crippen LogP contribution is 2.70. The van der Waals surface area contributed by atoms with Gasteiger partial charge in [0.25, 0.3) is 0 Å². The standard InChI is InChI=1S/C29H42O10/c1-15-22(32)23(33)24(34)25(38-15)39-17-3-8-27(14-30)19-4-7-26(2)18(16-11-21(31)37-13-16)6-10-29(26,36)20(19)5-9-28(27,35)12-17/h11,14-15,17-20,22-25,32-36H,3-10,12-13H2,1-2H3/t15-,17-,18+,19-,20+,22-,23+,24-,25-,26+,27-,28-,29-/m0/s1. The van der Waals surface area contributed by atoms with Gasteiger partial charge in [0.05, 0.1) is 28.8 Å². The van der Waals surface area contributed by atoms with Crippen molar-refractivity contribution >= 4 is 12.3 Å². The van der Waals surface area contributed by atoms with Crippen LogP contribution in [0, 0.1) is 28.6 Å². The van der Waals surface area contributed by atoms with Gasteiger partial charge in [-0.25, -0.2) is 4.79 Å². The number of carbonyl (C=O) groups is 2. The molecule has 0 unspecified atom stereocenters. The van der Waals surface area contributed by atoms with Crippen molar-refractivity contribution in [1.82, 2.24) is 0 Å². The van der Waals surface area contributed by atoms with Gasteiger partial charge >= 0.3 is 5.97 Å². The van der Waals surface area contributed by atoms with Crippen molar-refractivity contribution in [2.75, 3.05) is 6.61 Å². The van der Waals surface area contributed by atoms with Crippen molar-refractivity contribution in [2.45, 2.75) is 120 Å². The number of hydrogen-bond donors (Lipinski definition) is 5. The molecular formula is C29H42O10. The Balaban J connectivity index is 1.22. The molecule has 0 spiro atoms. The van der Waals surface area contributed by atoms with Gasteiger partial charge in [-0.1, -0.05) is 6.92 Å². The molecule has 6 aliphatic rings. The lowest BCUT2D eigenvalue weighted by atomic mass is 9.41. The molecule has 5 fully saturated rings. The number of aliphatic hydroxyl groups excluding tert-OH is 3. The number of cyclic esters (lactones) is 1. The Labute approximate surface area is 228 Å². The van der Waals surface area contributed by atoms with Crippen LogP contribution in [0.4, 0.5) is 0 Å². The monoisotopic (exact) mass is 550 g/mol. The molecule has 39 heavy (non-hydrogen) atoms. The number of esters is 1. The van der Waals surface area contributed by atoms with Gasteiger partial charge in [-0.2, -0.15) is 0 Å². The number of ether oxygens (including phenoxy) is 3. The van der Waals surface area contributed by atoms with Gasteiger partial charge in [-0.15, -0.1) is 0 Å². The highest BCUT2D eigenvalue weighted by molar-refractivity contribution is 5.85. The first-order valence-electron chi connectivity index (χ1n) is 14.5. The van der Waals surface area contributed by atoms with E-state index in [1.807, 2.05) is 0 Å². The first kappa shape index (κ1) is 27.8. The highest BCUT2D eigenvalue weighted by Gasteiger charge is 2.71. The van der Waals surface area contributed by atoms with E-state index in [-0.39, 0.29) is 36.8 Å². The van der Waals surface area contributed by atoms with Crippen LogP contribution in [0.15, 0.2) is 11.6 Å². The molecule has 6 rings (SSSR count). The van der Waals surface area contributed by atoms with E-state index in [0.29, 0.717) is 44.9 Å². The molecule has 0 amide bonds. The summed E-state index contributed by atoms with van der Waals surface area (Å²) >= 11 is 0. The van der Waals surface area contributed by atoms with Crippen molar-refractivity contribution < 1.29 is 49.3 Å². The number of carbonyl (C=O) groups excluding carboxylic acids is 2. The fourth-order valence-electron chi connectivity index (χ4n) is 9.75. The molecule has 4 aliphatic carbocycles. The van der Waals surface area contributed by atoms with Crippen LogP contribution in [0.2, 0.25) is 0 Å². The van der Waals surface area contributed by atoms with Gasteiger partial charge in [0.15, 0.2) is 6.29 Å². The van der Waals surface area contributed by atoms with Gasteiger partial charge in [0.2, 0.25) is 0 Å². The Morgan fingerprint density at radius 2 is 1.72 bits per heavy atom. The zero-order chi connectivity index (χ0) is 28.0. The van der Waals surface area contributed by atoms with Crippen LogP contribution in [-0.4, -0.2) is 92.4 Å². The molecule has 2 heterocycles. The molecule has 218 valence electrons. The van der Waals surface area contributed by atoms with Crippen LogP contribution in [-0.2, 0) is 23.8 Å². The minimum absolute atomic E-state index is 0.0465. The van der Waals surface area contributed by atoms with Crippen LogP contribution < -0.4 is 0 Å². The Bertz CT molecular complexity index is 1050. The molecule has 0 bridgehead atoms. The van der Waals surface area contributed by atoms with E-state index < -0.39 is 58.8 Å². The summed E-state index contributed by atoms with van der Waals surface area (Å²) in [4.78, 5) is 24.8. The van der Waals surface area contributed by atoms with Crippen LogP contribution in [0.25, 0.3) is 0 Å². The minimum Gasteiger partial charge on any atom is -0.458 e. The van der Waals surface area contributed by atoms with Gasteiger partial charge in [0.1, 0.15) is 31.2 Å². The lowest BCUT2D eigenvalue weighted by Gasteiger charge is -2.65. The second-order valence-electron chi connectivity index (χ2n) is 13.4. The maximum absolute atomic E-state index is 13.0. The van der Waals surface area contributed by atoms with Crippen LogP contribution in [0.1, 0.15) is 71.6 Å². The van der Waals surface area contributed by atoms with Crippen molar-refractivity contribution in [3.8, 4) is 0 Å². The van der Waals surface area contributed by atoms with E-state index >= 15 is 0 Å². The van der Waals surface area contributed by atoms with E-state index in [0.717, 1.165) is 18.3 Å². The second-order valence-corrected chi connectivity index (χ2v) is 13.4. The summed E-state index contributed by atoms with van der Waals surface area (Å²) in [7, 11) is 0. The maximum Gasteiger partial charge on any atom is 0.331 e. The molecule has 0 aromatic rings. The zero-order valence-electron chi connectivity index (χ0n) is 22.7. The SMILES string of the molecule is C[C@@H]1O[C@@H](O[C@H]2CC[C@]3(C=O)[C@H]4CC[C@]5(C)[C@@H](C6=CC(=O)OC6)CC[C@]5(O)[C@@H]4CC[C@]3(O)C2)[C@@H](O)[C@H](O)[C@H]1O. The smallest absolute Gasteiger partial charge is 0.331 e. The topological polar surface area (TPSA) is 163 Å². The van der Waals surface area contributed by atoms with Gasteiger partial charge < -0.3 is 44.5 Å². The van der Waals surface area contributed by atoms with Gasteiger partial charge in [-0.3, -0.25) is 0 Å². The molecule has 10 heteroatoms. The predicted octanol–water partition coefficient (Wildman–Crippen LogP) is 0.750.